The molecule has 16 heavy (non-hydrogen) atoms. The average molecular weight is 233 g/mol. The number of anilines is 1. The molecule has 1 heterocycles. The Hall–Kier alpha value is -1.54. The topological polar surface area (TPSA) is 24.9 Å². The first-order valence-corrected chi connectivity index (χ1v) is 5.64. The van der Waals surface area contributed by atoms with Gasteiger partial charge in [-0.15, -0.1) is 0 Å². The zero-order chi connectivity index (χ0) is 11.4. The zero-order valence-corrected chi connectivity index (χ0v) is 9.83. The Morgan fingerprint density at radius 3 is 2.56 bits per heavy atom. The first kappa shape index (κ1) is 11.0. The van der Waals surface area contributed by atoms with Crippen LogP contribution in [0.5, 0.6) is 0 Å². The third kappa shape index (κ3) is 2.52. The van der Waals surface area contributed by atoms with Gasteiger partial charge in [0.05, 0.1) is 0 Å². The Morgan fingerprint density at radius 2 is 1.88 bits per heavy atom. The highest BCUT2D eigenvalue weighted by Gasteiger charge is 2.02. The van der Waals surface area contributed by atoms with E-state index >= 15 is 0 Å². The largest absolute Gasteiger partial charge is 0.370 e. The van der Waals surface area contributed by atoms with E-state index in [2.05, 4.69) is 22.4 Å². The second-order valence-corrected chi connectivity index (χ2v) is 3.85. The van der Waals surface area contributed by atoms with Gasteiger partial charge < -0.3 is 5.32 Å². The Balaban J connectivity index is 2.41. The maximum atomic E-state index is 5.98. The minimum absolute atomic E-state index is 0.511. The molecule has 0 unspecified atom stereocenters. The quantitative estimate of drug-likeness (QED) is 0.814. The van der Waals surface area contributed by atoms with E-state index in [9.17, 15) is 0 Å². The molecule has 0 spiro atoms. The number of rotatable bonds is 3. The molecule has 0 fully saturated rings. The minimum atomic E-state index is 0.511. The van der Waals surface area contributed by atoms with Gasteiger partial charge in [-0.05, 0) is 30.2 Å². The fraction of sp³-hybridized carbons (Fsp3) is 0.154. The summed E-state index contributed by atoms with van der Waals surface area (Å²) in [6, 6.07) is 14.0. The van der Waals surface area contributed by atoms with Crippen LogP contribution in [0.4, 0.5) is 5.82 Å². The van der Waals surface area contributed by atoms with E-state index in [1.807, 2.05) is 37.3 Å². The van der Waals surface area contributed by atoms with Crippen molar-refractivity contribution < 1.29 is 0 Å². The van der Waals surface area contributed by atoms with E-state index < -0.39 is 0 Å². The lowest BCUT2D eigenvalue weighted by atomic mass is 10.1. The van der Waals surface area contributed by atoms with Crippen LogP contribution in [0.25, 0.3) is 11.1 Å². The highest BCUT2D eigenvalue weighted by Crippen LogP contribution is 2.24. The van der Waals surface area contributed by atoms with Gasteiger partial charge in [-0.2, -0.15) is 0 Å². The smallest absolute Gasteiger partial charge is 0.132 e. The predicted molar refractivity (Wildman–Crippen MR) is 68.8 cm³/mol. The van der Waals surface area contributed by atoms with E-state index in [1.54, 1.807) is 0 Å². The lowest BCUT2D eigenvalue weighted by Crippen LogP contribution is -1.99. The van der Waals surface area contributed by atoms with Crippen molar-refractivity contribution in [2.24, 2.45) is 0 Å². The summed E-state index contributed by atoms with van der Waals surface area (Å²) in [4.78, 5) is 4.20. The summed E-state index contributed by atoms with van der Waals surface area (Å²) in [5.41, 5.74) is 2.22. The van der Waals surface area contributed by atoms with Crippen molar-refractivity contribution in [2.45, 2.75) is 6.92 Å². The third-order valence-corrected chi connectivity index (χ3v) is 2.45. The molecule has 1 N–H and O–H groups in total. The Bertz CT molecular complexity index is 469. The lowest BCUT2D eigenvalue weighted by molar-refractivity contribution is 1.16. The summed E-state index contributed by atoms with van der Waals surface area (Å²) in [5.74, 6) is 0.814. The average Bonchev–Trinajstić information content (AvgIpc) is 2.30. The highest BCUT2D eigenvalue weighted by molar-refractivity contribution is 6.29. The van der Waals surface area contributed by atoms with Crippen molar-refractivity contribution in [3.8, 4) is 11.1 Å². The second-order valence-electron chi connectivity index (χ2n) is 3.46. The molecule has 82 valence electrons. The van der Waals surface area contributed by atoms with E-state index in [4.69, 9.17) is 11.6 Å². The molecule has 0 aliphatic carbocycles. The van der Waals surface area contributed by atoms with Crippen LogP contribution >= 0.6 is 11.6 Å². The number of nitrogens with one attached hydrogen (secondary N) is 1. The summed E-state index contributed by atoms with van der Waals surface area (Å²) in [5, 5.41) is 3.67. The van der Waals surface area contributed by atoms with Crippen molar-refractivity contribution >= 4 is 17.4 Å². The molecule has 0 saturated carbocycles. The van der Waals surface area contributed by atoms with Crippen molar-refractivity contribution in [1.82, 2.24) is 4.98 Å². The van der Waals surface area contributed by atoms with Crippen LogP contribution in [-0.4, -0.2) is 11.5 Å². The molecule has 0 saturated heterocycles. The van der Waals surface area contributed by atoms with Crippen molar-refractivity contribution in [3.63, 3.8) is 0 Å². The van der Waals surface area contributed by atoms with Gasteiger partial charge in [-0.3, -0.25) is 0 Å². The van der Waals surface area contributed by atoms with Crippen LogP contribution in [0, 0.1) is 0 Å². The molecule has 0 amide bonds. The summed E-state index contributed by atoms with van der Waals surface area (Å²) in [6.07, 6.45) is 0. The fourth-order valence-corrected chi connectivity index (χ4v) is 1.77. The van der Waals surface area contributed by atoms with E-state index in [1.165, 1.54) is 0 Å². The summed E-state index contributed by atoms with van der Waals surface area (Å²) >= 11 is 5.98. The summed E-state index contributed by atoms with van der Waals surface area (Å²) < 4.78 is 0. The van der Waals surface area contributed by atoms with Crippen molar-refractivity contribution in [1.29, 1.82) is 0 Å². The predicted octanol–water partition coefficient (Wildman–Crippen LogP) is 3.83. The fourth-order valence-electron chi connectivity index (χ4n) is 1.57. The molecular weight excluding hydrogens is 220 g/mol. The van der Waals surface area contributed by atoms with Gasteiger partial charge in [-0.25, -0.2) is 4.98 Å². The summed E-state index contributed by atoms with van der Waals surface area (Å²) in [7, 11) is 0. The van der Waals surface area contributed by atoms with Crippen molar-refractivity contribution in [2.75, 3.05) is 11.9 Å². The molecule has 2 rings (SSSR count). The monoisotopic (exact) mass is 232 g/mol. The Morgan fingerprint density at radius 1 is 1.12 bits per heavy atom. The molecule has 0 bridgehead atoms. The Kier molecular flexibility index (Phi) is 3.42. The number of nitrogens with zero attached hydrogens (tertiary/aromatic N) is 1. The number of halogens is 1. The number of hydrogen-bond acceptors (Lipinski definition) is 2. The maximum absolute atomic E-state index is 5.98. The molecular formula is C13H13ClN2. The van der Waals surface area contributed by atoms with Gasteiger partial charge in [0.2, 0.25) is 0 Å². The second kappa shape index (κ2) is 4.99. The van der Waals surface area contributed by atoms with Gasteiger partial charge in [0.15, 0.2) is 0 Å². The van der Waals surface area contributed by atoms with Crippen LogP contribution in [0.1, 0.15) is 6.92 Å². The van der Waals surface area contributed by atoms with E-state index in [-0.39, 0.29) is 0 Å². The minimum Gasteiger partial charge on any atom is -0.370 e. The highest BCUT2D eigenvalue weighted by atomic mass is 35.5. The van der Waals surface area contributed by atoms with Crippen LogP contribution < -0.4 is 5.32 Å². The molecule has 3 heteroatoms. The number of benzene rings is 1. The van der Waals surface area contributed by atoms with E-state index in [0.29, 0.717) is 5.15 Å². The number of aromatic nitrogens is 1. The molecule has 0 aliphatic heterocycles. The molecule has 1 aromatic heterocycles. The van der Waals surface area contributed by atoms with Gasteiger partial charge in [-0.1, -0.05) is 41.9 Å². The van der Waals surface area contributed by atoms with Crippen LogP contribution in [0.2, 0.25) is 5.15 Å². The van der Waals surface area contributed by atoms with Gasteiger partial charge in [0.25, 0.3) is 0 Å². The van der Waals surface area contributed by atoms with Gasteiger partial charge in [0.1, 0.15) is 11.0 Å². The van der Waals surface area contributed by atoms with Gasteiger partial charge in [0, 0.05) is 6.54 Å². The molecule has 0 aliphatic rings. The van der Waals surface area contributed by atoms with Crippen LogP contribution in [-0.2, 0) is 0 Å². The van der Waals surface area contributed by atoms with Crippen LogP contribution in [0.3, 0.4) is 0 Å². The van der Waals surface area contributed by atoms with E-state index in [0.717, 1.165) is 23.5 Å². The zero-order valence-electron chi connectivity index (χ0n) is 9.07. The third-order valence-electron chi connectivity index (χ3n) is 2.26. The SMILES string of the molecule is CCNc1cc(-c2ccccc2)cc(Cl)n1. The first-order valence-electron chi connectivity index (χ1n) is 5.26. The molecule has 0 radical (unpaired) electrons. The standard InChI is InChI=1S/C13H13ClN2/c1-2-15-13-9-11(8-12(14)16-13)10-6-4-3-5-7-10/h3-9H,2H2,1H3,(H,15,16). The summed E-state index contributed by atoms with van der Waals surface area (Å²) in [6.45, 7) is 2.87. The molecule has 1 aromatic carbocycles. The normalized spacial score (nSPS) is 10.1. The molecule has 2 aromatic rings. The lowest BCUT2D eigenvalue weighted by Gasteiger charge is -2.06. The first-order chi connectivity index (χ1) is 7.79. The maximum Gasteiger partial charge on any atom is 0.132 e. The molecule has 0 atom stereocenters. The van der Waals surface area contributed by atoms with Crippen molar-refractivity contribution in [3.05, 3.63) is 47.6 Å². The molecule has 2 nitrogen and oxygen atoms in total. The van der Waals surface area contributed by atoms with Gasteiger partial charge >= 0.3 is 0 Å². The number of hydrogen-bond donors (Lipinski definition) is 1. The number of pyridine rings is 1. The van der Waals surface area contributed by atoms with Crippen LogP contribution in [0.15, 0.2) is 42.5 Å². The Labute approximate surface area is 100 Å².